The number of alkyl halides is 3. The van der Waals surface area contributed by atoms with E-state index < -0.39 is 22.9 Å². The quantitative estimate of drug-likeness (QED) is 0.698. The van der Waals surface area contributed by atoms with Crippen LogP contribution in [0.15, 0.2) is 38.8 Å². The standard InChI is InChI=1S/C20H21F3N4O2/c1-19(2,3)16-13(24-10-25-16)9-15-18(29)26-14(17(28)27-15)8-11-5-4-6-12(7-11)20(21,22)23/h4-10,13,16H,1-3H3,(H,24,25)(H,26,29)(H,27,28)/b14-8-,15-9-. The molecule has 0 fully saturated rings. The molecule has 1 aliphatic rings. The third-order valence-electron chi connectivity index (χ3n) is 4.62. The lowest BCUT2D eigenvalue weighted by Gasteiger charge is -2.29. The zero-order valence-electron chi connectivity index (χ0n) is 16.1. The maximum Gasteiger partial charge on any atom is 0.416 e. The molecule has 9 heteroatoms. The van der Waals surface area contributed by atoms with Crippen molar-refractivity contribution < 1.29 is 13.2 Å². The molecule has 2 atom stereocenters. The molecular formula is C20H21F3N4O2. The summed E-state index contributed by atoms with van der Waals surface area (Å²) < 4.78 is 38.6. The minimum absolute atomic E-state index is 0.0521. The lowest BCUT2D eigenvalue weighted by atomic mass is 9.83. The lowest BCUT2D eigenvalue weighted by Crippen LogP contribution is -2.49. The highest BCUT2D eigenvalue weighted by atomic mass is 19.4. The monoisotopic (exact) mass is 406 g/mol. The Kier molecular flexibility index (Phi) is 5.25. The van der Waals surface area contributed by atoms with Crippen molar-refractivity contribution in [1.82, 2.24) is 15.3 Å². The first kappa shape index (κ1) is 20.6. The fraction of sp³-hybridized carbons (Fsp3) is 0.350. The molecule has 6 nitrogen and oxygen atoms in total. The van der Waals surface area contributed by atoms with Gasteiger partial charge in [0.2, 0.25) is 0 Å². The van der Waals surface area contributed by atoms with Gasteiger partial charge in [-0.1, -0.05) is 32.9 Å². The summed E-state index contributed by atoms with van der Waals surface area (Å²) in [5, 5.41) is 3.06. The van der Waals surface area contributed by atoms with E-state index in [1.54, 1.807) is 12.4 Å². The zero-order valence-corrected chi connectivity index (χ0v) is 16.1. The van der Waals surface area contributed by atoms with Crippen LogP contribution in [0.25, 0.3) is 12.2 Å². The van der Waals surface area contributed by atoms with Crippen molar-refractivity contribution in [2.75, 3.05) is 0 Å². The van der Waals surface area contributed by atoms with Crippen molar-refractivity contribution in [3.8, 4) is 0 Å². The average Bonchev–Trinajstić information content (AvgIpc) is 3.07. The molecule has 0 saturated heterocycles. The number of hydrogen-bond acceptors (Lipinski definition) is 4. The van der Waals surface area contributed by atoms with Crippen LogP contribution in [0.1, 0.15) is 31.9 Å². The maximum absolute atomic E-state index is 12.9. The summed E-state index contributed by atoms with van der Waals surface area (Å²) in [4.78, 5) is 34.0. The molecule has 2 aromatic rings. The highest BCUT2D eigenvalue weighted by molar-refractivity contribution is 5.61. The Morgan fingerprint density at radius 2 is 1.69 bits per heavy atom. The summed E-state index contributed by atoms with van der Waals surface area (Å²) >= 11 is 0. The first-order valence-electron chi connectivity index (χ1n) is 8.96. The van der Waals surface area contributed by atoms with Crippen molar-refractivity contribution in [2.24, 2.45) is 10.4 Å². The fourth-order valence-corrected chi connectivity index (χ4v) is 3.15. The number of rotatable bonds is 2. The summed E-state index contributed by atoms with van der Waals surface area (Å²) in [5.74, 6) is 0. The number of nitrogens with one attached hydrogen (secondary N) is 3. The average molecular weight is 406 g/mol. The SMILES string of the molecule is CC(C)(C)C1NC=NC1/C=c1\[nH]c(=O)/c(=C/c2cccc(C(F)(F)F)c2)[nH]c1=O. The highest BCUT2D eigenvalue weighted by Gasteiger charge is 2.33. The van der Waals surface area contributed by atoms with Crippen LogP contribution in [0.3, 0.4) is 0 Å². The molecule has 154 valence electrons. The van der Waals surface area contributed by atoms with Crippen LogP contribution in [0.4, 0.5) is 13.2 Å². The molecule has 0 saturated carbocycles. The van der Waals surface area contributed by atoms with Gasteiger partial charge in [-0.2, -0.15) is 13.2 Å². The molecule has 1 aromatic heterocycles. The smallest absolute Gasteiger partial charge is 0.371 e. The number of aliphatic imine (C=N–C) groups is 1. The lowest BCUT2D eigenvalue weighted by molar-refractivity contribution is -0.137. The van der Waals surface area contributed by atoms with E-state index in [1.807, 2.05) is 20.8 Å². The summed E-state index contributed by atoms with van der Waals surface area (Å²) in [6, 6.07) is 4.10. The van der Waals surface area contributed by atoms with E-state index in [2.05, 4.69) is 20.3 Å². The summed E-state index contributed by atoms with van der Waals surface area (Å²) in [6.07, 6.45) is -0.158. The topological polar surface area (TPSA) is 90.1 Å². The molecule has 2 heterocycles. The molecule has 0 radical (unpaired) electrons. The summed E-state index contributed by atoms with van der Waals surface area (Å²) in [6.45, 7) is 6.08. The van der Waals surface area contributed by atoms with Crippen molar-refractivity contribution >= 4 is 18.5 Å². The Balaban J connectivity index is 2.03. The van der Waals surface area contributed by atoms with Crippen LogP contribution in [0.2, 0.25) is 0 Å². The number of aromatic amines is 2. The number of H-pyrrole nitrogens is 2. The molecule has 0 spiro atoms. The van der Waals surface area contributed by atoms with Crippen molar-refractivity contribution in [3.63, 3.8) is 0 Å². The van der Waals surface area contributed by atoms with Crippen LogP contribution in [0.5, 0.6) is 0 Å². The second-order valence-electron chi connectivity index (χ2n) is 7.95. The van der Waals surface area contributed by atoms with Crippen LogP contribution in [0, 0.1) is 5.41 Å². The molecule has 1 aromatic carbocycles. The fourth-order valence-electron chi connectivity index (χ4n) is 3.15. The molecule has 1 aliphatic heterocycles. The van der Waals surface area contributed by atoms with E-state index in [4.69, 9.17) is 0 Å². The number of benzene rings is 1. The second-order valence-corrected chi connectivity index (χ2v) is 7.95. The molecule has 3 rings (SSSR count). The van der Waals surface area contributed by atoms with E-state index in [-0.39, 0.29) is 33.8 Å². The Morgan fingerprint density at radius 1 is 1.03 bits per heavy atom. The largest absolute Gasteiger partial charge is 0.416 e. The highest BCUT2D eigenvalue weighted by Crippen LogP contribution is 2.29. The molecule has 29 heavy (non-hydrogen) atoms. The van der Waals surface area contributed by atoms with Gasteiger partial charge in [-0.25, -0.2) is 0 Å². The van der Waals surface area contributed by atoms with Crippen LogP contribution < -0.4 is 27.1 Å². The third-order valence-corrected chi connectivity index (χ3v) is 4.62. The second kappa shape index (κ2) is 7.38. The number of nitrogens with zero attached hydrogens (tertiary/aromatic N) is 1. The van der Waals surface area contributed by atoms with E-state index in [0.29, 0.717) is 0 Å². The molecule has 3 N–H and O–H groups in total. The van der Waals surface area contributed by atoms with Gasteiger partial charge in [0.25, 0.3) is 11.1 Å². The Morgan fingerprint density at radius 3 is 2.34 bits per heavy atom. The Bertz CT molecular complexity index is 1170. The molecule has 0 aliphatic carbocycles. The number of hydrogen-bond donors (Lipinski definition) is 3. The van der Waals surface area contributed by atoms with Gasteiger partial charge in [-0.05, 0) is 35.3 Å². The van der Waals surface area contributed by atoms with Gasteiger partial charge < -0.3 is 15.3 Å². The normalized spacial score (nSPS) is 20.9. The van der Waals surface area contributed by atoms with E-state index in [9.17, 15) is 22.8 Å². The summed E-state index contributed by atoms with van der Waals surface area (Å²) in [5.41, 5.74) is -2.00. The minimum atomic E-state index is -4.50. The van der Waals surface area contributed by atoms with Crippen LogP contribution >= 0.6 is 0 Å². The minimum Gasteiger partial charge on any atom is -0.371 e. The van der Waals surface area contributed by atoms with Gasteiger partial charge in [0.15, 0.2) is 0 Å². The predicted octanol–water partition coefficient (Wildman–Crippen LogP) is 1.11. The van der Waals surface area contributed by atoms with Crippen LogP contribution in [-0.2, 0) is 6.18 Å². The van der Waals surface area contributed by atoms with Crippen LogP contribution in [-0.4, -0.2) is 28.4 Å². The maximum atomic E-state index is 12.9. The predicted molar refractivity (Wildman–Crippen MR) is 105 cm³/mol. The first-order valence-corrected chi connectivity index (χ1v) is 8.96. The van der Waals surface area contributed by atoms with Gasteiger partial charge in [-0.15, -0.1) is 0 Å². The van der Waals surface area contributed by atoms with E-state index in [1.165, 1.54) is 18.2 Å². The summed E-state index contributed by atoms with van der Waals surface area (Å²) in [7, 11) is 0. The third kappa shape index (κ3) is 4.67. The van der Waals surface area contributed by atoms with Gasteiger partial charge in [-0.3, -0.25) is 14.6 Å². The van der Waals surface area contributed by atoms with Gasteiger partial charge >= 0.3 is 6.18 Å². The van der Waals surface area contributed by atoms with Crippen molar-refractivity contribution in [3.05, 3.63) is 66.8 Å². The molecule has 0 amide bonds. The number of halogens is 3. The van der Waals surface area contributed by atoms with E-state index in [0.717, 1.165) is 12.1 Å². The zero-order chi connectivity index (χ0) is 21.4. The van der Waals surface area contributed by atoms with Gasteiger partial charge in [0.05, 0.1) is 24.0 Å². The van der Waals surface area contributed by atoms with E-state index >= 15 is 0 Å². The number of aromatic nitrogens is 2. The first-order chi connectivity index (χ1) is 13.4. The molecular weight excluding hydrogens is 385 g/mol. The van der Waals surface area contributed by atoms with Gasteiger partial charge in [0.1, 0.15) is 10.7 Å². The Hall–Kier alpha value is -3.10. The van der Waals surface area contributed by atoms with Crippen molar-refractivity contribution in [2.45, 2.75) is 39.0 Å². The molecule has 2 unspecified atom stereocenters. The molecule has 0 bridgehead atoms. The Labute approximate surface area is 163 Å². The van der Waals surface area contributed by atoms with Gasteiger partial charge in [0, 0.05) is 0 Å². The van der Waals surface area contributed by atoms with Crippen molar-refractivity contribution in [1.29, 1.82) is 0 Å².